The molecule has 0 radical (unpaired) electrons. The van der Waals surface area contributed by atoms with E-state index in [2.05, 4.69) is 31.9 Å². The number of hydrogen-bond acceptors (Lipinski definition) is 2. The minimum atomic E-state index is -1.36. The highest BCUT2D eigenvalue weighted by Gasteiger charge is 2.66. The first-order chi connectivity index (χ1) is 5.34. The minimum Gasteiger partial charge on any atom is -0.480 e. The number of carbonyl (C=O) groups is 2. The second-order valence-electron chi connectivity index (χ2n) is 2.71. The van der Waals surface area contributed by atoms with Gasteiger partial charge in [0.25, 0.3) is 0 Å². The van der Waals surface area contributed by atoms with Crippen LogP contribution in [0.4, 0.5) is 0 Å². The Morgan fingerprint density at radius 3 is 1.33 bits per heavy atom. The van der Waals surface area contributed by atoms with Gasteiger partial charge in [-0.1, -0.05) is 31.9 Å². The van der Waals surface area contributed by atoms with Crippen LogP contribution in [0.3, 0.4) is 0 Å². The third-order valence-electron chi connectivity index (χ3n) is 2.12. The van der Waals surface area contributed by atoms with Gasteiger partial charge in [-0.05, 0) is 12.8 Å². The smallest absolute Gasteiger partial charge is 0.322 e. The first-order valence-electron chi connectivity index (χ1n) is 3.19. The number of halogens is 2. The molecule has 6 heteroatoms. The molecule has 0 saturated heterocycles. The normalized spacial score (nSPS) is 40.2. The Morgan fingerprint density at radius 2 is 1.25 bits per heavy atom. The van der Waals surface area contributed by atoms with Crippen LogP contribution in [0.5, 0.6) is 0 Å². The summed E-state index contributed by atoms with van der Waals surface area (Å²) in [7, 11) is 0. The van der Waals surface area contributed by atoms with Crippen molar-refractivity contribution >= 4 is 43.8 Å². The summed E-state index contributed by atoms with van der Waals surface area (Å²) in [5.41, 5.74) is 0. The quantitative estimate of drug-likeness (QED) is 0.752. The molecule has 0 aromatic rings. The van der Waals surface area contributed by atoms with Gasteiger partial charge in [-0.25, -0.2) is 0 Å². The van der Waals surface area contributed by atoms with Crippen molar-refractivity contribution in [2.45, 2.75) is 21.5 Å². The molecule has 0 heterocycles. The third-order valence-corrected chi connectivity index (χ3v) is 5.48. The zero-order valence-electron chi connectivity index (χ0n) is 5.88. The van der Waals surface area contributed by atoms with Crippen LogP contribution in [0.2, 0.25) is 0 Å². The fourth-order valence-corrected chi connectivity index (χ4v) is 2.25. The molecule has 2 atom stereocenters. The summed E-state index contributed by atoms with van der Waals surface area (Å²) < 4.78 is -2.71. The molecule has 1 fully saturated rings. The number of hydrogen-bond donors (Lipinski definition) is 2. The second kappa shape index (κ2) is 2.70. The lowest BCUT2D eigenvalue weighted by Gasteiger charge is -2.46. The summed E-state index contributed by atoms with van der Waals surface area (Å²) in [6, 6.07) is 0. The average molecular weight is 302 g/mol. The highest BCUT2D eigenvalue weighted by Crippen LogP contribution is 2.55. The van der Waals surface area contributed by atoms with Crippen LogP contribution in [-0.4, -0.2) is 30.8 Å². The first kappa shape index (κ1) is 9.98. The zero-order chi connectivity index (χ0) is 9.57. The van der Waals surface area contributed by atoms with Gasteiger partial charge in [0, 0.05) is 0 Å². The van der Waals surface area contributed by atoms with Gasteiger partial charge in [0.2, 0.25) is 0 Å². The summed E-state index contributed by atoms with van der Waals surface area (Å²) in [6.45, 7) is 0. The predicted molar refractivity (Wildman–Crippen MR) is 47.8 cm³/mol. The summed E-state index contributed by atoms with van der Waals surface area (Å²) in [4.78, 5) is 21.4. The molecule has 68 valence electrons. The minimum absolute atomic E-state index is 0.319. The van der Waals surface area contributed by atoms with Crippen molar-refractivity contribution < 1.29 is 19.8 Å². The Labute approximate surface area is 85.2 Å². The lowest BCUT2D eigenvalue weighted by atomic mass is 9.73. The molecule has 1 aliphatic carbocycles. The highest BCUT2D eigenvalue weighted by molar-refractivity contribution is 9.13. The number of aliphatic carboxylic acids is 2. The number of rotatable bonds is 2. The van der Waals surface area contributed by atoms with E-state index in [4.69, 9.17) is 10.2 Å². The molecule has 0 aromatic carbocycles. The van der Waals surface area contributed by atoms with Gasteiger partial charge < -0.3 is 10.2 Å². The maximum atomic E-state index is 10.7. The zero-order valence-corrected chi connectivity index (χ0v) is 9.05. The molecule has 0 unspecified atom stereocenters. The molecule has 0 bridgehead atoms. The number of carboxylic acids is 2. The van der Waals surface area contributed by atoms with Crippen molar-refractivity contribution in [2.75, 3.05) is 0 Å². The van der Waals surface area contributed by atoms with Crippen LogP contribution in [-0.2, 0) is 9.59 Å². The van der Waals surface area contributed by atoms with E-state index >= 15 is 0 Å². The molecule has 0 aromatic heterocycles. The fourth-order valence-electron chi connectivity index (χ4n) is 1.12. The van der Waals surface area contributed by atoms with E-state index in [1.165, 1.54) is 0 Å². The van der Waals surface area contributed by atoms with E-state index < -0.39 is 20.6 Å². The Morgan fingerprint density at radius 1 is 1.00 bits per heavy atom. The van der Waals surface area contributed by atoms with E-state index in [0.717, 1.165) is 0 Å². The predicted octanol–water partition coefficient (Wildman–Crippen LogP) is 1.22. The van der Waals surface area contributed by atoms with E-state index in [1.807, 2.05) is 0 Å². The van der Waals surface area contributed by atoms with Crippen molar-refractivity contribution in [3.05, 3.63) is 0 Å². The third kappa shape index (κ3) is 1.01. The Kier molecular flexibility index (Phi) is 2.24. The van der Waals surface area contributed by atoms with Gasteiger partial charge in [0.15, 0.2) is 0 Å². The van der Waals surface area contributed by atoms with Crippen molar-refractivity contribution in [3.63, 3.8) is 0 Å². The van der Waals surface area contributed by atoms with Gasteiger partial charge in [-0.15, -0.1) is 0 Å². The fraction of sp³-hybridized carbons (Fsp3) is 0.667. The van der Waals surface area contributed by atoms with E-state index in [1.54, 1.807) is 0 Å². The monoisotopic (exact) mass is 300 g/mol. The van der Waals surface area contributed by atoms with Crippen molar-refractivity contribution in [1.82, 2.24) is 0 Å². The lowest BCUT2D eigenvalue weighted by Crippen LogP contribution is -2.63. The Hall–Kier alpha value is -0.100. The topological polar surface area (TPSA) is 74.6 Å². The van der Waals surface area contributed by atoms with Crippen LogP contribution < -0.4 is 0 Å². The molecule has 0 spiro atoms. The van der Waals surface area contributed by atoms with Crippen molar-refractivity contribution in [2.24, 2.45) is 0 Å². The Balaban J connectivity index is 2.97. The summed E-state index contributed by atoms with van der Waals surface area (Å²) >= 11 is 5.86. The molecule has 0 amide bonds. The van der Waals surface area contributed by atoms with Crippen LogP contribution in [0.15, 0.2) is 0 Å². The van der Waals surface area contributed by atoms with Crippen LogP contribution in [0.1, 0.15) is 12.8 Å². The summed E-state index contributed by atoms with van der Waals surface area (Å²) in [6.07, 6.45) is 0.639. The number of carboxylic acid groups (broad SMARTS) is 2. The molecular weight excluding hydrogens is 296 g/mol. The van der Waals surface area contributed by atoms with E-state index in [-0.39, 0.29) is 0 Å². The maximum Gasteiger partial charge on any atom is 0.322 e. The molecule has 0 aliphatic heterocycles. The first-order valence-corrected chi connectivity index (χ1v) is 4.78. The molecule has 4 nitrogen and oxygen atoms in total. The molecular formula is C6H6Br2O4. The molecule has 2 N–H and O–H groups in total. The molecule has 1 aliphatic rings. The molecule has 1 saturated carbocycles. The van der Waals surface area contributed by atoms with E-state index in [9.17, 15) is 9.59 Å². The standard InChI is InChI=1S/C6H6Br2O4/c7-5(3(9)10)1-2-6(5,8)4(11)12/h1-2H2,(H,9,10)(H,11,12)/t5-,6+. The molecule has 12 heavy (non-hydrogen) atoms. The van der Waals surface area contributed by atoms with Gasteiger partial charge in [-0.2, -0.15) is 0 Å². The van der Waals surface area contributed by atoms with Crippen LogP contribution in [0, 0.1) is 0 Å². The number of alkyl halides is 2. The average Bonchev–Trinajstić information content (AvgIpc) is 1.98. The summed E-state index contributed by atoms with van der Waals surface area (Å²) in [5, 5.41) is 17.5. The highest BCUT2D eigenvalue weighted by atomic mass is 79.9. The van der Waals surface area contributed by atoms with Gasteiger partial charge >= 0.3 is 11.9 Å². The lowest BCUT2D eigenvalue weighted by molar-refractivity contribution is -0.153. The maximum absolute atomic E-state index is 10.7. The van der Waals surface area contributed by atoms with Gasteiger partial charge in [0.1, 0.15) is 8.65 Å². The van der Waals surface area contributed by atoms with Crippen molar-refractivity contribution in [1.29, 1.82) is 0 Å². The van der Waals surface area contributed by atoms with Gasteiger partial charge in [-0.3, -0.25) is 9.59 Å². The summed E-state index contributed by atoms with van der Waals surface area (Å²) in [5.74, 6) is -2.29. The van der Waals surface area contributed by atoms with Gasteiger partial charge in [0.05, 0.1) is 0 Å². The second-order valence-corrected chi connectivity index (χ2v) is 5.42. The molecule has 1 rings (SSSR count). The largest absolute Gasteiger partial charge is 0.480 e. The Bertz CT molecular complexity index is 228. The van der Waals surface area contributed by atoms with E-state index in [0.29, 0.717) is 12.8 Å². The SMILES string of the molecule is O=C(O)[C@]1(Br)CC[C@]1(Br)C(=O)O. The van der Waals surface area contributed by atoms with Crippen molar-refractivity contribution in [3.8, 4) is 0 Å². The van der Waals surface area contributed by atoms with Crippen LogP contribution >= 0.6 is 31.9 Å². The van der Waals surface area contributed by atoms with Crippen LogP contribution in [0.25, 0.3) is 0 Å².